The Labute approximate surface area is 322 Å². The van der Waals surface area contributed by atoms with Gasteiger partial charge in [0.2, 0.25) is 0 Å². The summed E-state index contributed by atoms with van der Waals surface area (Å²) in [6.07, 6.45) is -6.48. The van der Waals surface area contributed by atoms with E-state index in [1.807, 2.05) is 11.0 Å². The fourth-order valence-electron chi connectivity index (χ4n) is 8.03. The predicted molar refractivity (Wildman–Crippen MR) is 197 cm³/mol. The number of pyridine rings is 1. The van der Waals surface area contributed by atoms with Gasteiger partial charge in [-0.15, -0.1) is 11.3 Å². The number of carbonyl (C=O) groups is 2. The van der Waals surface area contributed by atoms with Crippen molar-refractivity contribution in [1.29, 1.82) is 5.26 Å². The van der Waals surface area contributed by atoms with Crippen LogP contribution >= 0.6 is 11.3 Å². The molecule has 2 N–H and O–H groups in total. The molecule has 0 unspecified atom stereocenters. The molecule has 0 saturated carbocycles. The van der Waals surface area contributed by atoms with Crippen LogP contribution in [0.15, 0.2) is 18.2 Å². The van der Waals surface area contributed by atoms with Crippen molar-refractivity contribution in [2.24, 2.45) is 0 Å². The third-order valence-electron chi connectivity index (χ3n) is 10.4. The number of anilines is 2. The molecular formula is C37H39F5N8O5S. The fraction of sp³-hybridized carbons (Fsp3) is 0.514. The van der Waals surface area contributed by atoms with E-state index in [1.54, 1.807) is 39.5 Å². The number of nitriles is 1. The van der Waals surface area contributed by atoms with Crippen molar-refractivity contribution >= 4 is 55.5 Å². The maximum absolute atomic E-state index is 15.4. The van der Waals surface area contributed by atoms with Crippen LogP contribution in [0.3, 0.4) is 0 Å². The van der Waals surface area contributed by atoms with E-state index in [2.05, 4.69) is 20.3 Å². The SMILES string of the molecule is C[C@@H]1CN(c2nc(OC[C@@]34CCCN3C[C@H](F)C4)nc3cc(-c4ccc(F)c5sc(NC(=O)OC(C)(C)C)c(C#N)c45)c(C(F)(F)F)nc23)[C@@H](C)CN1C(=O)O. The molecular weight excluding hydrogens is 764 g/mol. The Bertz CT molecular complexity index is 2280. The van der Waals surface area contributed by atoms with Crippen LogP contribution in [0.2, 0.25) is 0 Å². The number of piperazine rings is 1. The number of ether oxygens (including phenoxy) is 2. The lowest BCUT2D eigenvalue weighted by Gasteiger charge is -2.43. The number of nitrogens with one attached hydrogen (secondary N) is 1. The van der Waals surface area contributed by atoms with E-state index >= 15 is 17.6 Å². The highest BCUT2D eigenvalue weighted by atomic mass is 32.1. The van der Waals surface area contributed by atoms with Crippen LogP contribution in [0.1, 0.15) is 65.1 Å². The third kappa shape index (κ3) is 7.20. The highest BCUT2D eigenvalue weighted by Crippen LogP contribution is 2.47. The van der Waals surface area contributed by atoms with Gasteiger partial charge in [0.05, 0.1) is 21.3 Å². The molecule has 3 saturated heterocycles. The Kier molecular flexibility index (Phi) is 9.88. The van der Waals surface area contributed by atoms with Crippen molar-refractivity contribution in [2.45, 2.75) is 89.5 Å². The van der Waals surface area contributed by atoms with Crippen molar-refractivity contribution in [3.05, 3.63) is 35.3 Å². The molecule has 2 amide bonds. The van der Waals surface area contributed by atoms with Gasteiger partial charge in [-0.25, -0.2) is 23.4 Å². The first-order valence-electron chi connectivity index (χ1n) is 18.0. The predicted octanol–water partition coefficient (Wildman–Crippen LogP) is 7.82. The van der Waals surface area contributed by atoms with Gasteiger partial charge in [0.15, 0.2) is 11.5 Å². The molecule has 7 rings (SSSR count). The van der Waals surface area contributed by atoms with E-state index in [4.69, 9.17) is 9.47 Å². The van der Waals surface area contributed by atoms with Crippen LogP contribution in [0.5, 0.6) is 6.01 Å². The summed E-state index contributed by atoms with van der Waals surface area (Å²) in [7, 11) is 0. The number of carbonyl (C=O) groups excluding carboxylic acids is 1. The molecule has 298 valence electrons. The van der Waals surface area contributed by atoms with Gasteiger partial charge >= 0.3 is 24.4 Å². The van der Waals surface area contributed by atoms with Crippen molar-refractivity contribution in [2.75, 3.05) is 43.0 Å². The molecule has 0 radical (unpaired) electrons. The number of amides is 2. The molecule has 1 aromatic carbocycles. The standard InChI is InChI=1S/C37H39F5N8O5S/c1-18-15-50(34(52)53)19(2)14-49(18)30-27-25(44-32(46-30)54-17-36-9-6-10-48(36)16-20(38)12-36)11-22(29(45-27)37(40,41)42)21-7-8-24(39)28-26(21)23(13-43)31(56-28)47-33(51)55-35(3,4)5/h7-8,11,18-20H,6,9-10,12,14-17H2,1-5H3,(H,47,51)(H,52,53)/t18-,19+,20+,36-/m0/s1. The van der Waals surface area contributed by atoms with Gasteiger partial charge in [-0.1, -0.05) is 6.07 Å². The summed E-state index contributed by atoms with van der Waals surface area (Å²) in [6.45, 7) is 9.27. The zero-order chi connectivity index (χ0) is 40.5. The minimum absolute atomic E-state index is 0.0146. The number of hydrogen-bond acceptors (Lipinski definition) is 11. The second-order valence-electron chi connectivity index (χ2n) is 15.6. The number of benzene rings is 1. The average Bonchev–Trinajstić information content (AvgIpc) is 3.76. The summed E-state index contributed by atoms with van der Waals surface area (Å²) >= 11 is 0.667. The molecule has 4 aromatic rings. The van der Waals surface area contributed by atoms with Crippen LogP contribution in [0, 0.1) is 17.1 Å². The van der Waals surface area contributed by atoms with Crippen LogP contribution in [-0.2, 0) is 10.9 Å². The summed E-state index contributed by atoms with van der Waals surface area (Å²) in [5.41, 5.74) is -4.25. The number of aromatic nitrogens is 3. The number of thiophene rings is 1. The Morgan fingerprint density at radius 1 is 1.11 bits per heavy atom. The first-order valence-corrected chi connectivity index (χ1v) is 18.8. The van der Waals surface area contributed by atoms with Crippen molar-refractivity contribution in [1.82, 2.24) is 24.8 Å². The maximum atomic E-state index is 15.4. The molecule has 0 bridgehead atoms. The van der Waals surface area contributed by atoms with E-state index < -0.39 is 64.8 Å². The zero-order valence-electron chi connectivity index (χ0n) is 31.1. The monoisotopic (exact) mass is 802 g/mol. The van der Waals surface area contributed by atoms with E-state index in [9.17, 15) is 24.3 Å². The highest BCUT2D eigenvalue weighted by Gasteiger charge is 2.49. The van der Waals surface area contributed by atoms with E-state index in [0.717, 1.165) is 24.6 Å². The van der Waals surface area contributed by atoms with E-state index in [-0.39, 0.29) is 81.7 Å². The first kappa shape index (κ1) is 39.2. The molecule has 3 fully saturated rings. The zero-order valence-corrected chi connectivity index (χ0v) is 31.9. The molecule has 3 aliphatic heterocycles. The minimum Gasteiger partial charge on any atom is -0.465 e. The number of alkyl halides is 4. The van der Waals surface area contributed by atoms with Gasteiger partial charge in [0.1, 0.15) is 40.8 Å². The molecule has 13 nitrogen and oxygen atoms in total. The number of nitrogens with zero attached hydrogens (tertiary/aromatic N) is 7. The highest BCUT2D eigenvalue weighted by molar-refractivity contribution is 7.23. The van der Waals surface area contributed by atoms with Crippen molar-refractivity contribution < 1.29 is 46.1 Å². The molecule has 3 aromatic heterocycles. The third-order valence-corrected chi connectivity index (χ3v) is 11.6. The summed E-state index contributed by atoms with van der Waals surface area (Å²) in [5.74, 6) is -0.861. The lowest BCUT2D eigenvalue weighted by molar-refractivity contribution is -0.140. The van der Waals surface area contributed by atoms with Crippen LogP contribution in [0.25, 0.3) is 32.2 Å². The Balaban J connectivity index is 1.41. The van der Waals surface area contributed by atoms with E-state index in [0.29, 0.717) is 24.3 Å². The summed E-state index contributed by atoms with van der Waals surface area (Å²) in [5, 5.41) is 22.1. The first-order chi connectivity index (χ1) is 26.3. The smallest absolute Gasteiger partial charge is 0.433 e. The van der Waals surface area contributed by atoms with E-state index in [1.165, 1.54) is 4.90 Å². The molecule has 3 aliphatic rings. The van der Waals surface area contributed by atoms with Gasteiger partial charge in [-0.05, 0) is 71.7 Å². The Morgan fingerprint density at radius 2 is 1.86 bits per heavy atom. The van der Waals surface area contributed by atoms with Crippen molar-refractivity contribution in [3.8, 4) is 23.2 Å². The normalized spacial score (nSPS) is 23.1. The van der Waals surface area contributed by atoms with Crippen LogP contribution in [-0.4, -0.2) is 104 Å². The van der Waals surface area contributed by atoms with Gasteiger partial charge in [-0.2, -0.15) is 28.4 Å². The maximum Gasteiger partial charge on any atom is 0.433 e. The fourth-order valence-corrected chi connectivity index (χ4v) is 9.10. The molecule has 4 atom stereocenters. The number of halogens is 5. The summed E-state index contributed by atoms with van der Waals surface area (Å²) in [6, 6.07) is 3.77. The summed E-state index contributed by atoms with van der Waals surface area (Å²) in [4.78, 5) is 42.8. The number of hydrogen-bond donors (Lipinski definition) is 2. The molecule has 0 spiro atoms. The average molecular weight is 803 g/mol. The molecule has 56 heavy (non-hydrogen) atoms. The van der Waals surface area contributed by atoms with Gasteiger partial charge in [-0.3, -0.25) is 10.2 Å². The van der Waals surface area contributed by atoms with Gasteiger partial charge in [0, 0.05) is 49.1 Å². The van der Waals surface area contributed by atoms with Gasteiger partial charge < -0.3 is 24.4 Å². The largest absolute Gasteiger partial charge is 0.465 e. The van der Waals surface area contributed by atoms with Crippen LogP contribution in [0.4, 0.5) is 42.4 Å². The molecule has 0 aliphatic carbocycles. The lowest BCUT2D eigenvalue weighted by Crippen LogP contribution is -2.58. The molecule has 19 heteroatoms. The van der Waals surface area contributed by atoms with Gasteiger partial charge in [0.25, 0.3) is 0 Å². The molecule has 6 heterocycles. The topological polar surface area (TPSA) is 157 Å². The quantitative estimate of drug-likeness (QED) is 0.183. The summed E-state index contributed by atoms with van der Waals surface area (Å²) < 4.78 is 86.8. The minimum atomic E-state index is -5.09. The lowest BCUT2D eigenvalue weighted by atomic mass is 9.95. The second-order valence-corrected chi connectivity index (χ2v) is 16.6. The van der Waals surface area contributed by atoms with Crippen molar-refractivity contribution in [3.63, 3.8) is 0 Å². The Hall–Kier alpha value is -5.09. The number of carboxylic acid groups (broad SMARTS) is 1. The number of fused-ring (bicyclic) bond motifs is 3. The van der Waals surface area contributed by atoms with Crippen LogP contribution < -0.4 is 15.0 Å². The number of rotatable bonds is 6. The Morgan fingerprint density at radius 3 is 2.54 bits per heavy atom. The second kappa shape index (κ2) is 14.1.